The van der Waals surface area contributed by atoms with Gasteiger partial charge in [-0.3, -0.25) is 23.5 Å². The molecule has 2 atom stereocenters. The van der Waals surface area contributed by atoms with Crippen LogP contribution in [0.1, 0.15) is 60.3 Å². The van der Waals surface area contributed by atoms with Gasteiger partial charge in [0.1, 0.15) is 12.1 Å². The molecule has 0 spiro atoms. The Morgan fingerprint density at radius 2 is 1.59 bits per heavy atom. The van der Waals surface area contributed by atoms with Crippen molar-refractivity contribution in [3.8, 4) is 0 Å². The van der Waals surface area contributed by atoms with E-state index in [9.17, 15) is 19.2 Å². The number of carbonyl (C=O) groups excluding carboxylic acids is 4. The number of nitrogens with one attached hydrogen (secondary N) is 3. The number of hydrogen-bond donors (Lipinski definition) is 4. The SMILES string of the molecule is CNC(=O)[C@@H](NC(=O)[C@H](CC(C)C)N(S)C(=O)CCCCNC(=O)CN(C)C)C(C)(C)C. The lowest BCUT2D eigenvalue weighted by Crippen LogP contribution is -2.57. The first kappa shape index (κ1) is 30.2. The summed E-state index contributed by atoms with van der Waals surface area (Å²) in [6, 6.07) is -1.53. The van der Waals surface area contributed by atoms with E-state index >= 15 is 0 Å². The van der Waals surface area contributed by atoms with Crippen molar-refractivity contribution in [3.63, 3.8) is 0 Å². The highest BCUT2D eigenvalue weighted by Gasteiger charge is 2.36. The van der Waals surface area contributed by atoms with Gasteiger partial charge in [0.2, 0.25) is 23.6 Å². The number of unbranched alkanes of at least 4 members (excludes halogenated alkanes) is 1. The summed E-state index contributed by atoms with van der Waals surface area (Å²) in [5.41, 5.74) is -0.499. The second kappa shape index (κ2) is 14.4. The Kier molecular flexibility index (Phi) is 13.5. The standard InChI is InChI=1S/C22H43N5O4S/c1-15(2)13-16(20(30)25-19(21(31)23-6)22(3,4)5)27(32)18(29)11-9-10-12-24-17(28)14-26(7)8/h15-16,19,32H,9-14H2,1-8H3,(H,23,31)(H,24,28)(H,25,30)/t16-,19+/m0/s1. The molecule has 4 amide bonds. The number of hydrogen-bond acceptors (Lipinski definition) is 6. The molecular weight excluding hydrogens is 430 g/mol. The smallest absolute Gasteiger partial charge is 0.244 e. The van der Waals surface area contributed by atoms with Crippen LogP contribution in [-0.4, -0.2) is 79.2 Å². The van der Waals surface area contributed by atoms with Gasteiger partial charge in [-0.05, 0) is 44.7 Å². The normalized spacial score (nSPS) is 13.5. The van der Waals surface area contributed by atoms with E-state index in [1.807, 2.05) is 48.7 Å². The molecule has 0 aliphatic carbocycles. The maximum absolute atomic E-state index is 13.1. The van der Waals surface area contributed by atoms with Crippen LogP contribution in [0.3, 0.4) is 0 Å². The Labute approximate surface area is 199 Å². The third-order valence-corrected chi connectivity index (χ3v) is 5.31. The number of amides is 4. The summed E-state index contributed by atoms with van der Waals surface area (Å²) in [5.74, 6) is -0.867. The molecule has 32 heavy (non-hydrogen) atoms. The molecule has 9 nitrogen and oxygen atoms in total. The van der Waals surface area contributed by atoms with E-state index in [0.717, 1.165) is 0 Å². The molecular formula is C22H43N5O4S. The first-order chi connectivity index (χ1) is 14.7. The van der Waals surface area contributed by atoms with E-state index in [-0.39, 0.29) is 30.1 Å². The Morgan fingerprint density at radius 1 is 1.00 bits per heavy atom. The molecule has 0 aromatic carbocycles. The number of thiol groups is 1. The minimum absolute atomic E-state index is 0.0599. The van der Waals surface area contributed by atoms with Crippen LogP contribution in [0.15, 0.2) is 0 Å². The van der Waals surface area contributed by atoms with Gasteiger partial charge in [0.15, 0.2) is 0 Å². The molecule has 0 aromatic heterocycles. The molecule has 0 rings (SSSR count). The molecule has 0 heterocycles. The summed E-state index contributed by atoms with van der Waals surface area (Å²) >= 11 is 4.35. The van der Waals surface area contributed by atoms with Crippen molar-refractivity contribution in [1.82, 2.24) is 25.2 Å². The average Bonchev–Trinajstić information content (AvgIpc) is 2.66. The average molecular weight is 474 g/mol. The van der Waals surface area contributed by atoms with Crippen molar-refractivity contribution < 1.29 is 19.2 Å². The lowest BCUT2D eigenvalue weighted by Gasteiger charge is -2.33. The number of nitrogens with zero attached hydrogens (tertiary/aromatic N) is 2. The van der Waals surface area contributed by atoms with E-state index in [0.29, 0.717) is 32.4 Å². The van der Waals surface area contributed by atoms with Gasteiger partial charge in [-0.2, -0.15) is 0 Å². The van der Waals surface area contributed by atoms with E-state index in [1.165, 1.54) is 11.4 Å². The Balaban J connectivity index is 4.96. The molecule has 186 valence electrons. The van der Waals surface area contributed by atoms with Gasteiger partial charge in [0.25, 0.3) is 0 Å². The molecule has 0 unspecified atom stereocenters. The van der Waals surface area contributed by atoms with Crippen LogP contribution >= 0.6 is 12.8 Å². The summed E-state index contributed by atoms with van der Waals surface area (Å²) < 4.78 is 1.18. The quantitative estimate of drug-likeness (QED) is 0.237. The van der Waals surface area contributed by atoms with Gasteiger partial charge >= 0.3 is 0 Å². The van der Waals surface area contributed by atoms with E-state index in [1.54, 1.807) is 4.90 Å². The van der Waals surface area contributed by atoms with E-state index in [2.05, 4.69) is 28.8 Å². The zero-order valence-electron chi connectivity index (χ0n) is 20.9. The molecule has 0 saturated carbocycles. The third-order valence-electron chi connectivity index (χ3n) is 4.81. The molecule has 3 N–H and O–H groups in total. The van der Waals surface area contributed by atoms with Gasteiger partial charge in [-0.15, -0.1) is 0 Å². The van der Waals surface area contributed by atoms with Crippen LogP contribution in [0.5, 0.6) is 0 Å². The van der Waals surface area contributed by atoms with Gasteiger partial charge in [0, 0.05) is 20.0 Å². The largest absolute Gasteiger partial charge is 0.357 e. The van der Waals surface area contributed by atoms with Crippen LogP contribution in [0.25, 0.3) is 0 Å². The zero-order chi connectivity index (χ0) is 25.1. The first-order valence-electron chi connectivity index (χ1n) is 11.1. The summed E-state index contributed by atoms with van der Waals surface area (Å²) in [7, 11) is 5.17. The maximum atomic E-state index is 13.1. The van der Waals surface area contributed by atoms with Crippen molar-refractivity contribution >= 4 is 36.4 Å². The Hall–Kier alpha value is -1.81. The van der Waals surface area contributed by atoms with Crippen LogP contribution in [0.2, 0.25) is 0 Å². The van der Waals surface area contributed by atoms with Crippen molar-refractivity contribution in [1.29, 1.82) is 0 Å². The summed E-state index contributed by atoms with van der Waals surface area (Å²) in [6.45, 7) is 10.3. The van der Waals surface area contributed by atoms with Crippen molar-refractivity contribution in [2.24, 2.45) is 11.3 Å². The van der Waals surface area contributed by atoms with Crippen LogP contribution in [0.4, 0.5) is 0 Å². The molecule has 0 aliphatic heterocycles. The molecule has 0 bridgehead atoms. The zero-order valence-corrected chi connectivity index (χ0v) is 21.8. The topological polar surface area (TPSA) is 111 Å². The van der Waals surface area contributed by atoms with Crippen molar-refractivity contribution in [2.45, 2.75) is 72.4 Å². The van der Waals surface area contributed by atoms with Crippen molar-refractivity contribution in [3.05, 3.63) is 0 Å². The predicted octanol–water partition coefficient (Wildman–Crippen LogP) is 1.20. The van der Waals surface area contributed by atoms with Gasteiger partial charge in [-0.25, -0.2) is 0 Å². The fourth-order valence-corrected chi connectivity index (χ4v) is 3.38. The minimum Gasteiger partial charge on any atom is -0.357 e. The second-order valence-corrected chi connectivity index (χ2v) is 10.3. The number of likely N-dealkylation sites (N-methyl/N-ethyl adjacent to an activating group) is 2. The Morgan fingerprint density at radius 3 is 2.06 bits per heavy atom. The highest BCUT2D eigenvalue weighted by Crippen LogP contribution is 2.22. The lowest BCUT2D eigenvalue weighted by atomic mass is 9.85. The van der Waals surface area contributed by atoms with Gasteiger partial charge < -0.3 is 20.9 Å². The highest BCUT2D eigenvalue weighted by molar-refractivity contribution is 7.78. The minimum atomic E-state index is -0.792. The summed E-state index contributed by atoms with van der Waals surface area (Å²) in [5, 5.41) is 8.20. The maximum Gasteiger partial charge on any atom is 0.244 e. The molecule has 0 radical (unpaired) electrons. The molecule has 0 aliphatic rings. The Bertz CT molecular complexity index is 634. The highest BCUT2D eigenvalue weighted by atomic mass is 32.1. The fraction of sp³-hybridized carbons (Fsp3) is 0.818. The predicted molar refractivity (Wildman–Crippen MR) is 130 cm³/mol. The van der Waals surface area contributed by atoms with Crippen molar-refractivity contribution in [2.75, 3.05) is 34.2 Å². The van der Waals surface area contributed by atoms with Gasteiger partial charge in [-0.1, -0.05) is 47.4 Å². The fourth-order valence-electron chi connectivity index (χ4n) is 3.08. The molecule has 0 fully saturated rings. The van der Waals surface area contributed by atoms with E-state index < -0.39 is 23.4 Å². The molecule has 0 aromatic rings. The van der Waals surface area contributed by atoms with Crippen LogP contribution in [-0.2, 0) is 19.2 Å². The third kappa shape index (κ3) is 11.7. The molecule has 0 saturated heterocycles. The lowest BCUT2D eigenvalue weighted by molar-refractivity contribution is -0.137. The summed E-state index contributed by atoms with van der Waals surface area (Å²) in [4.78, 5) is 51.5. The van der Waals surface area contributed by atoms with Crippen LogP contribution in [0, 0.1) is 11.3 Å². The monoisotopic (exact) mass is 473 g/mol. The number of rotatable bonds is 13. The number of carbonyl (C=O) groups is 4. The van der Waals surface area contributed by atoms with Crippen LogP contribution < -0.4 is 16.0 Å². The second-order valence-electron chi connectivity index (χ2n) is 9.85. The van der Waals surface area contributed by atoms with E-state index in [4.69, 9.17) is 0 Å². The first-order valence-corrected chi connectivity index (χ1v) is 11.5. The summed E-state index contributed by atoms with van der Waals surface area (Å²) in [6.07, 6.45) is 1.85. The van der Waals surface area contributed by atoms with Gasteiger partial charge in [0.05, 0.1) is 6.54 Å². The molecule has 10 heteroatoms.